The van der Waals surface area contributed by atoms with E-state index in [1.807, 2.05) is 18.2 Å². The van der Waals surface area contributed by atoms with Crippen molar-refractivity contribution in [2.75, 3.05) is 12.8 Å². The van der Waals surface area contributed by atoms with Crippen LogP contribution >= 0.6 is 7.37 Å². The van der Waals surface area contributed by atoms with E-state index >= 15 is 0 Å². The number of aryl methyl sites for hydroxylation is 1. The van der Waals surface area contributed by atoms with Crippen molar-refractivity contribution in [1.29, 1.82) is 0 Å². The Morgan fingerprint density at radius 3 is 2.60 bits per heavy atom. The minimum Gasteiger partial charge on any atom is -0.478 e. The molecule has 1 N–H and O–H groups in total. The molecule has 20 heavy (non-hydrogen) atoms. The third-order valence-electron chi connectivity index (χ3n) is 2.82. The first kappa shape index (κ1) is 16.7. The molecule has 0 amide bonds. The molecule has 0 radical (unpaired) electrons. The number of aliphatic carboxylic acids is 1. The van der Waals surface area contributed by atoms with Crippen molar-refractivity contribution in [3.63, 3.8) is 0 Å². The summed E-state index contributed by atoms with van der Waals surface area (Å²) in [5.74, 6) is 0.107. The van der Waals surface area contributed by atoms with Crippen LogP contribution in [0.25, 0.3) is 0 Å². The van der Waals surface area contributed by atoms with Gasteiger partial charge in [0.1, 0.15) is 0 Å². The number of carbonyl (C=O) groups is 1. The van der Waals surface area contributed by atoms with E-state index in [0.29, 0.717) is 12.8 Å². The van der Waals surface area contributed by atoms with E-state index in [9.17, 15) is 9.36 Å². The second kappa shape index (κ2) is 8.72. The highest BCUT2D eigenvalue weighted by Gasteiger charge is 2.18. The van der Waals surface area contributed by atoms with Crippen LogP contribution in [0.3, 0.4) is 0 Å². The summed E-state index contributed by atoms with van der Waals surface area (Å²) in [6.07, 6.45) is 3.87. The van der Waals surface area contributed by atoms with Crippen LogP contribution in [0.15, 0.2) is 42.2 Å². The molecular formula is C15H21O4P. The Morgan fingerprint density at radius 2 is 2.00 bits per heavy atom. The number of benzene rings is 1. The monoisotopic (exact) mass is 296 g/mol. The van der Waals surface area contributed by atoms with Crippen LogP contribution < -0.4 is 0 Å². The van der Waals surface area contributed by atoms with Crippen molar-refractivity contribution < 1.29 is 19.0 Å². The zero-order valence-corrected chi connectivity index (χ0v) is 12.6. The number of carboxylic acids is 1. The Bertz CT molecular complexity index is 482. The van der Waals surface area contributed by atoms with E-state index < -0.39 is 13.3 Å². The Balaban J connectivity index is 2.43. The molecular weight excluding hydrogens is 275 g/mol. The van der Waals surface area contributed by atoms with Crippen LogP contribution in [-0.4, -0.2) is 23.8 Å². The van der Waals surface area contributed by atoms with Crippen molar-refractivity contribution in [3.05, 3.63) is 47.8 Å². The largest absolute Gasteiger partial charge is 0.478 e. The fourth-order valence-electron chi connectivity index (χ4n) is 1.88. The molecule has 0 heterocycles. The molecule has 0 aliphatic heterocycles. The summed E-state index contributed by atoms with van der Waals surface area (Å²) in [6.45, 7) is 2.07. The van der Waals surface area contributed by atoms with Gasteiger partial charge in [-0.25, -0.2) is 4.79 Å². The Morgan fingerprint density at radius 1 is 1.30 bits per heavy atom. The molecule has 1 rings (SSSR count). The molecule has 5 heteroatoms. The normalized spacial score (nSPS) is 14.2. The molecule has 0 bridgehead atoms. The summed E-state index contributed by atoms with van der Waals surface area (Å²) in [5.41, 5.74) is 1.25. The van der Waals surface area contributed by atoms with Gasteiger partial charge in [-0.15, -0.1) is 0 Å². The predicted octanol–water partition coefficient (Wildman–Crippen LogP) is 3.92. The number of rotatable bonds is 9. The molecule has 110 valence electrons. The van der Waals surface area contributed by atoms with Crippen LogP contribution in [0.2, 0.25) is 0 Å². The molecule has 0 saturated carbocycles. The van der Waals surface area contributed by atoms with Crippen LogP contribution in [0.1, 0.15) is 25.3 Å². The summed E-state index contributed by atoms with van der Waals surface area (Å²) in [6, 6.07) is 10.1. The first-order chi connectivity index (χ1) is 9.56. The lowest BCUT2D eigenvalue weighted by Crippen LogP contribution is -1.96. The van der Waals surface area contributed by atoms with Gasteiger partial charge in [-0.3, -0.25) is 4.57 Å². The first-order valence-corrected chi connectivity index (χ1v) is 8.63. The van der Waals surface area contributed by atoms with Gasteiger partial charge in [0.25, 0.3) is 0 Å². The molecule has 0 aliphatic rings. The SMILES string of the molecule is CCOP(=O)(/C=C/C(=O)O)CCCCc1ccccc1. The molecule has 1 atom stereocenters. The van der Waals surface area contributed by atoms with E-state index in [-0.39, 0.29) is 0 Å². The quantitative estimate of drug-likeness (QED) is 0.426. The van der Waals surface area contributed by atoms with Crippen molar-refractivity contribution >= 4 is 13.3 Å². The van der Waals surface area contributed by atoms with E-state index in [1.54, 1.807) is 6.92 Å². The van der Waals surface area contributed by atoms with Crippen molar-refractivity contribution in [2.45, 2.75) is 26.2 Å². The van der Waals surface area contributed by atoms with Gasteiger partial charge in [-0.1, -0.05) is 30.3 Å². The number of unbranched alkanes of at least 4 members (excludes halogenated alkanes) is 1. The lowest BCUT2D eigenvalue weighted by molar-refractivity contribution is -0.131. The molecule has 4 nitrogen and oxygen atoms in total. The minimum atomic E-state index is -2.96. The van der Waals surface area contributed by atoms with Gasteiger partial charge in [0.2, 0.25) is 7.37 Å². The third-order valence-corrected chi connectivity index (χ3v) is 5.06. The van der Waals surface area contributed by atoms with Crippen LogP contribution in [0.5, 0.6) is 0 Å². The van der Waals surface area contributed by atoms with E-state index in [1.165, 1.54) is 11.4 Å². The van der Waals surface area contributed by atoms with Gasteiger partial charge >= 0.3 is 5.97 Å². The maximum atomic E-state index is 12.4. The average molecular weight is 296 g/mol. The Kier molecular flexibility index (Phi) is 7.27. The highest BCUT2D eigenvalue weighted by atomic mass is 31.2. The van der Waals surface area contributed by atoms with Gasteiger partial charge in [-0.05, 0) is 31.7 Å². The minimum absolute atomic E-state index is 0.319. The molecule has 0 aliphatic carbocycles. The second-order valence-electron chi connectivity index (χ2n) is 4.46. The molecule has 1 unspecified atom stereocenters. The molecule has 1 aromatic rings. The lowest BCUT2D eigenvalue weighted by atomic mass is 10.1. The van der Waals surface area contributed by atoms with Crippen LogP contribution in [0, 0.1) is 0 Å². The van der Waals surface area contributed by atoms with Gasteiger partial charge in [-0.2, -0.15) is 0 Å². The summed E-state index contributed by atoms with van der Waals surface area (Å²) >= 11 is 0. The maximum Gasteiger partial charge on any atom is 0.328 e. The predicted molar refractivity (Wildman–Crippen MR) is 80.3 cm³/mol. The average Bonchev–Trinajstić information content (AvgIpc) is 2.43. The summed E-state index contributed by atoms with van der Waals surface area (Å²) in [7, 11) is -2.96. The van der Waals surface area contributed by atoms with Gasteiger partial charge in [0.15, 0.2) is 0 Å². The van der Waals surface area contributed by atoms with Crippen molar-refractivity contribution in [1.82, 2.24) is 0 Å². The van der Waals surface area contributed by atoms with E-state index in [2.05, 4.69) is 12.1 Å². The standard InChI is InChI=1S/C15H21O4P/c1-2-19-20(18,13-11-15(16)17)12-7-6-10-14-8-4-3-5-9-14/h3-5,8-9,11,13H,2,6-7,10,12H2,1H3,(H,16,17)/b13-11+. The topological polar surface area (TPSA) is 63.6 Å². The second-order valence-corrected chi connectivity index (χ2v) is 6.92. The Hall–Kier alpha value is -1.38. The highest BCUT2D eigenvalue weighted by molar-refractivity contribution is 7.62. The van der Waals surface area contributed by atoms with Crippen molar-refractivity contribution in [2.24, 2.45) is 0 Å². The maximum absolute atomic E-state index is 12.4. The summed E-state index contributed by atoms with van der Waals surface area (Å²) in [4.78, 5) is 10.5. The molecule has 0 saturated heterocycles. The summed E-state index contributed by atoms with van der Waals surface area (Å²) in [5, 5.41) is 8.60. The van der Waals surface area contributed by atoms with Gasteiger partial charge in [0.05, 0.1) is 6.61 Å². The highest BCUT2D eigenvalue weighted by Crippen LogP contribution is 2.49. The van der Waals surface area contributed by atoms with Gasteiger partial charge < -0.3 is 9.63 Å². The third kappa shape index (κ3) is 6.69. The van der Waals surface area contributed by atoms with Crippen LogP contribution in [-0.2, 0) is 20.3 Å². The van der Waals surface area contributed by atoms with E-state index in [0.717, 1.165) is 25.3 Å². The smallest absolute Gasteiger partial charge is 0.328 e. The fraction of sp³-hybridized carbons (Fsp3) is 0.400. The molecule has 0 aromatic heterocycles. The Labute approximate surface area is 119 Å². The number of hydrogen-bond acceptors (Lipinski definition) is 3. The van der Waals surface area contributed by atoms with E-state index in [4.69, 9.17) is 9.63 Å². The lowest BCUT2D eigenvalue weighted by Gasteiger charge is -2.13. The molecule has 0 spiro atoms. The van der Waals surface area contributed by atoms with Gasteiger partial charge in [0, 0.05) is 18.1 Å². The zero-order chi connectivity index (χ0) is 14.8. The first-order valence-electron chi connectivity index (χ1n) is 6.75. The molecule has 0 fully saturated rings. The summed E-state index contributed by atoms with van der Waals surface area (Å²) < 4.78 is 17.6. The number of hydrogen-bond donors (Lipinski definition) is 1. The van der Waals surface area contributed by atoms with Crippen molar-refractivity contribution in [3.8, 4) is 0 Å². The zero-order valence-electron chi connectivity index (χ0n) is 11.7. The number of carboxylic acid groups (broad SMARTS) is 1. The molecule has 1 aromatic carbocycles. The fourth-order valence-corrected chi connectivity index (χ4v) is 3.70. The van der Waals surface area contributed by atoms with Crippen LogP contribution in [0.4, 0.5) is 0 Å².